The van der Waals surface area contributed by atoms with Crippen molar-refractivity contribution >= 4 is 23.5 Å². The average molecular weight is 718 g/mol. The van der Waals surface area contributed by atoms with Crippen molar-refractivity contribution in [2.45, 2.75) is 117 Å². The number of aromatic nitrogens is 1. The van der Waals surface area contributed by atoms with Crippen LogP contribution in [0.5, 0.6) is 0 Å². The number of pyridine rings is 1. The molecule has 1 aromatic rings. The summed E-state index contributed by atoms with van der Waals surface area (Å²) in [6.07, 6.45) is 2.37. The normalized spacial score (nSPS) is 20.4. The fourth-order valence-electron chi connectivity index (χ4n) is 7.56. The van der Waals surface area contributed by atoms with Gasteiger partial charge in [-0.15, -0.1) is 0 Å². The number of carbonyl (C=O) groups is 4. The molecule has 1 aliphatic heterocycles. The summed E-state index contributed by atoms with van der Waals surface area (Å²) in [6, 6.07) is 4.54. The molecule has 1 saturated heterocycles. The van der Waals surface area contributed by atoms with Crippen molar-refractivity contribution in [3.63, 3.8) is 0 Å². The molecule has 2 N–H and O–H groups in total. The Morgan fingerprint density at radius 2 is 1.69 bits per heavy atom. The second kappa shape index (κ2) is 21.6. The number of nitrogens with zero attached hydrogens (tertiary/aromatic N) is 3. The lowest BCUT2D eigenvalue weighted by atomic mass is 9.84. The number of ketones is 1. The summed E-state index contributed by atoms with van der Waals surface area (Å²) in [5, 5.41) is 6.12. The van der Waals surface area contributed by atoms with Crippen LogP contribution >= 0.6 is 0 Å². The number of likely N-dealkylation sites (tertiary alicyclic amines) is 1. The molecule has 2 rings (SSSR count). The van der Waals surface area contributed by atoms with Crippen LogP contribution in [0.1, 0.15) is 79.8 Å². The molecule has 2 heterocycles. The summed E-state index contributed by atoms with van der Waals surface area (Å²) in [4.78, 5) is 62.9. The molecule has 12 nitrogen and oxygen atoms in total. The second-order valence-corrected chi connectivity index (χ2v) is 14.9. The zero-order chi connectivity index (χ0) is 38.4. The summed E-state index contributed by atoms with van der Waals surface area (Å²) in [7, 11) is 8.30. The van der Waals surface area contributed by atoms with Gasteiger partial charge in [-0.3, -0.25) is 24.2 Å². The van der Waals surface area contributed by atoms with Crippen LogP contribution in [0.2, 0.25) is 0 Å². The molecule has 290 valence electrons. The molecule has 0 saturated carbocycles. The molecule has 0 aliphatic carbocycles. The van der Waals surface area contributed by atoms with Crippen molar-refractivity contribution in [1.82, 2.24) is 25.4 Å². The highest BCUT2D eigenvalue weighted by Gasteiger charge is 2.45. The van der Waals surface area contributed by atoms with E-state index in [1.54, 1.807) is 51.4 Å². The van der Waals surface area contributed by atoms with Gasteiger partial charge in [-0.05, 0) is 43.4 Å². The monoisotopic (exact) mass is 718 g/mol. The highest BCUT2D eigenvalue weighted by atomic mass is 16.5. The molecular formula is C39H67N5O7. The average Bonchev–Trinajstić information content (AvgIpc) is 3.54. The van der Waals surface area contributed by atoms with E-state index in [4.69, 9.17) is 14.2 Å². The molecule has 3 amide bonds. The fourth-order valence-corrected chi connectivity index (χ4v) is 7.56. The molecule has 9 atom stereocenters. The van der Waals surface area contributed by atoms with Crippen LogP contribution in [0.25, 0.3) is 0 Å². The van der Waals surface area contributed by atoms with Crippen molar-refractivity contribution < 1.29 is 33.4 Å². The Hall–Kier alpha value is -2.93. The van der Waals surface area contributed by atoms with E-state index in [2.05, 4.69) is 29.5 Å². The van der Waals surface area contributed by atoms with Crippen LogP contribution in [0.4, 0.5) is 0 Å². The van der Waals surface area contributed by atoms with Crippen LogP contribution in [0, 0.1) is 29.6 Å². The van der Waals surface area contributed by atoms with E-state index in [0.717, 1.165) is 12.1 Å². The van der Waals surface area contributed by atoms with Gasteiger partial charge in [-0.25, -0.2) is 0 Å². The van der Waals surface area contributed by atoms with Crippen molar-refractivity contribution in [3.05, 3.63) is 30.1 Å². The van der Waals surface area contributed by atoms with E-state index in [0.29, 0.717) is 25.9 Å². The van der Waals surface area contributed by atoms with Gasteiger partial charge in [-0.1, -0.05) is 61.0 Å². The van der Waals surface area contributed by atoms with Crippen LogP contribution in [-0.2, 0) is 39.8 Å². The van der Waals surface area contributed by atoms with Crippen molar-refractivity contribution in [1.29, 1.82) is 0 Å². The van der Waals surface area contributed by atoms with Gasteiger partial charge in [0.2, 0.25) is 17.7 Å². The Labute approximate surface area is 307 Å². The molecule has 0 unspecified atom stereocenters. The van der Waals surface area contributed by atoms with Gasteiger partial charge < -0.3 is 34.6 Å². The molecule has 1 fully saturated rings. The highest BCUT2D eigenvalue weighted by Crippen LogP contribution is 2.31. The van der Waals surface area contributed by atoms with Gasteiger partial charge in [-0.2, -0.15) is 0 Å². The van der Waals surface area contributed by atoms with Crippen molar-refractivity contribution in [2.24, 2.45) is 29.6 Å². The number of amides is 3. The third kappa shape index (κ3) is 12.1. The third-order valence-corrected chi connectivity index (χ3v) is 10.9. The van der Waals surface area contributed by atoms with Crippen molar-refractivity contribution in [2.75, 3.05) is 48.5 Å². The van der Waals surface area contributed by atoms with Gasteiger partial charge in [0.1, 0.15) is 0 Å². The number of nitrogens with one attached hydrogen (secondary N) is 2. The smallest absolute Gasteiger partial charge is 0.226 e. The molecular weight excluding hydrogens is 650 g/mol. The SMILES string of the molecule is CC[C@H](C)[C@@H]([C@@H](CC(=O)N1C[C@H](OC)C[C@H]1[C@H](OC)[C@@H](C)C(=O)NCCc1ccccn1)OC)N(C)C(=O)[C@@H](CC(=O)[C@@H](NC)C(C)C)C(C)C. The fraction of sp³-hybridized carbons (Fsp3) is 0.769. The molecule has 0 spiro atoms. The van der Waals surface area contributed by atoms with E-state index >= 15 is 0 Å². The van der Waals surface area contributed by atoms with E-state index in [1.807, 2.05) is 52.8 Å². The Morgan fingerprint density at radius 1 is 1.00 bits per heavy atom. The van der Waals surface area contributed by atoms with Crippen LogP contribution in [-0.4, -0.2) is 123 Å². The lowest BCUT2D eigenvalue weighted by Gasteiger charge is -2.40. The van der Waals surface area contributed by atoms with E-state index in [-0.39, 0.29) is 66.2 Å². The van der Waals surface area contributed by atoms with Crippen LogP contribution in [0.15, 0.2) is 24.4 Å². The number of ether oxygens (including phenoxy) is 3. The minimum absolute atomic E-state index is 0.00330. The van der Waals surface area contributed by atoms with Gasteiger partial charge in [0.05, 0.1) is 48.8 Å². The Bertz CT molecular complexity index is 1230. The minimum Gasteiger partial charge on any atom is -0.380 e. The largest absolute Gasteiger partial charge is 0.380 e. The van der Waals surface area contributed by atoms with Gasteiger partial charge in [0.15, 0.2) is 5.78 Å². The molecule has 0 radical (unpaired) electrons. The maximum Gasteiger partial charge on any atom is 0.226 e. The van der Waals surface area contributed by atoms with Crippen LogP contribution in [0.3, 0.4) is 0 Å². The number of carbonyl (C=O) groups excluding carboxylic acids is 4. The van der Waals surface area contributed by atoms with Gasteiger partial charge in [0, 0.05) is 72.1 Å². The predicted molar refractivity (Wildman–Crippen MR) is 199 cm³/mol. The first kappa shape index (κ1) is 44.2. The number of Topliss-reactive ketones (excluding diaryl/α,β-unsaturated/α-hetero) is 1. The second-order valence-electron chi connectivity index (χ2n) is 14.9. The molecule has 0 aromatic carbocycles. The quantitative estimate of drug-likeness (QED) is 0.184. The lowest BCUT2D eigenvalue weighted by molar-refractivity contribution is -0.149. The van der Waals surface area contributed by atoms with Gasteiger partial charge in [0.25, 0.3) is 0 Å². The highest BCUT2D eigenvalue weighted by molar-refractivity contribution is 5.90. The topological polar surface area (TPSA) is 139 Å². The first-order valence-electron chi connectivity index (χ1n) is 18.7. The maximum atomic E-state index is 14.3. The Balaban J connectivity index is 2.28. The number of rotatable bonds is 22. The zero-order valence-corrected chi connectivity index (χ0v) is 33.3. The Morgan fingerprint density at radius 3 is 2.20 bits per heavy atom. The third-order valence-electron chi connectivity index (χ3n) is 10.9. The number of methoxy groups -OCH3 is 3. The van der Waals surface area contributed by atoms with Crippen LogP contribution < -0.4 is 10.6 Å². The predicted octanol–water partition coefficient (Wildman–Crippen LogP) is 3.76. The number of hydrogen-bond donors (Lipinski definition) is 2. The Kier molecular flexibility index (Phi) is 18.7. The van der Waals surface area contributed by atoms with Crippen molar-refractivity contribution in [3.8, 4) is 0 Å². The summed E-state index contributed by atoms with van der Waals surface area (Å²) in [6.45, 7) is 14.6. The summed E-state index contributed by atoms with van der Waals surface area (Å²) in [5.74, 6) is -1.45. The molecule has 0 bridgehead atoms. The number of likely N-dealkylation sites (N-methyl/N-ethyl adjacent to an activating group) is 2. The number of hydrogen-bond acceptors (Lipinski definition) is 9. The summed E-state index contributed by atoms with van der Waals surface area (Å²) >= 11 is 0. The zero-order valence-electron chi connectivity index (χ0n) is 33.3. The first-order valence-corrected chi connectivity index (χ1v) is 18.7. The van der Waals surface area contributed by atoms with E-state index < -0.39 is 36.1 Å². The van der Waals surface area contributed by atoms with E-state index in [9.17, 15) is 19.2 Å². The molecule has 12 heteroatoms. The molecule has 1 aliphatic rings. The standard InChI is InChI=1S/C39H67N5O7/c1-13-26(6)36(43(9)39(48)30(24(2)3)21-32(45)35(40-8)25(4)5)33(50-11)22-34(46)44-23-29(49-10)20-31(44)37(51-12)27(7)38(47)42-19-17-28-16-14-15-18-41-28/h14-16,18,24-27,29-31,33,35-37,40H,13,17,19-23H2,1-12H3,(H,42,47)/t26-,27+,29+,30-,31-,33+,35-,36-,37+/m0/s1. The summed E-state index contributed by atoms with van der Waals surface area (Å²) in [5.41, 5.74) is 0.891. The first-order chi connectivity index (χ1) is 24.2. The molecule has 1 aromatic heterocycles. The van der Waals surface area contributed by atoms with E-state index in [1.165, 1.54) is 0 Å². The van der Waals surface area contributed by atoms with Gasteiger partial charge >= 0.3 is 0 Å². The lowest BCUT2D eigenvalue weighted by Crippen LogP contribution is -2.54. The minimum atomic E-state index is -0.610. The molecule has 51 heavy (non-hydrogen) atoms. The maximum absolute atomic E-state index is 14.3. The summed E-state index contributed by atoms with van der Waals surface area (Å²) < 4.78 is 17.7.